The van der Waals surface area contributed by atoms with Gasteiger partial charge in [0.05, 0.1) is 26.3 Å². The highest BCUT2D eigenvalue weighted by Crippen LogP contribution is 2.32. The molecule has 1 atom stereocenters. The van der Waals surface area contributed by atoms with E-state index in [4.69, 9.17) is 9.47 Å². The maximum atomic E-state index is 13.5. The zero-order valence-electron chi connectivity index (χ0n) is 19.9. The summed E-state index contributed by atoms with van der Waals surface area (Å²) in [6.45, 7) is 2.01. The van der Waals surface area contributed by atoms with Crippen LogP contribution in [-0.2, 0) is 16.1 Å². The van der Waals surface area contributed by atoms with E-state index in [0.717, 1.165) is 16.0 Å². The fraction of sp³-hybridized carbons (Fsp3) is 0.222. The number of rotatable bonds is 8. The molecule has 1 unspecified atom stereocenters. The van der Waals surface area contributed by atoms with Gasteiger partial charge in [-0.05, 0) is 54.4 Å². The van der Waals surface area contributed by atoms with Gasteiger partial charge in [-0.25, -0.2) is 9.69 Å². The summed E-state index contributed by atoms with van der Waals surface area (Å²) in [4.78, 5) is 42.4. The smallest absolute Gasteiger partial charge is 0.332 e. The number of ether oxygens (including phenoxy) is 2. The average molecular weight is 474 g/mol. The van der Waals surface area contributed by atoms with Crippen molar-refractivity contribution in [3.8, 4) is 11.5 Å². The molecule has 0 spiro atoms. The molecular formula is C27H27N3O5. The van der Waals surface area contributed by atoms with Crippen LogP contribution in [0.2, 0.25) is 0 Å². The minimum atomic E-state index is -0.958. The molecule has 1 heterocycles. The van der Waals surface area contributed by atoms with Crippen molar-refractivity contribution in [3.05, 3.63) is 83.9 Å². The van der Waals surface area contributed by atoms with Gasteiger partial charge in [0.25, 0.3) is 5.91 Å². The number of carbonyl (C=O) groups is 3. The lowest BCUT2D eigenvalue weighted by Gasteiger charge is -2.22. The van der Waals surface area contributed by atoms with Crippen LogP contribution in [0.3, 0.4) is 0 Å². The summed E-state index contributed by atoms with van der Waals surface area (Å²) in [5, 5.41) is 2.80. The number of nitrogens with zero attached hydrogens (tertiary/aromatic N) is 2. The van der Waals surface area contributed by atoms with Crippen molar-refractivity contribution < 1.29 is 23.9 Å². The van der Waals surface area contributed by atoms with Crippen LogP contribution in [-0.4, -0.2) is 43.0 Å². The SMILES string of the molecule is COc1ccc(CN2C(=O)N(c3cccc(C)c3)C(=O)C2CC(=O)Nc2ccccc2)cc1OC. The quantitative estimate of drug-likeness (QED) is 0.491. The lowest BCUT2D eigenvalue weighted by Crippen LogP contribution is -2.37. The summed E-state index contributed by atoms with van der Waals surface area (Å²) in [6, 6.07) is 20.0. The van der Waals surface area contributed by atoms with Crippen molar-refractivity contribution in [2.75, 3.05) is 24.4 Å². The summed E-state index contributed by atoms with van der Waals surface area (Å²) < 4.78 is 10.7. The Balaban J connectivity index is 1.64. The van der Waals surface area contributed by atoms with E-state index >= 15 is 0 Å². The highest BCUT2D eigenvalue weighted by molar-refractivity contribution is 6.22. The van der Waals surface area contributed by atoms with E-state index in [-0.39, 0.29) is 18.9 Å². The number of hydrogen-bond donors (Lipinski definition) is 1. The van der Waals surface area contributed by atoms with Crippen LogP contribution >= 0.6 is 0 Å². The van der Waals surface area contributed by atoms with E-state index in [2.05, 4.69) is 5.32 Å². The summed E-state index contributed by atoms with van der Waals surface area (Å²) in [5.41, 5.74) is 2.75. The van der Waals surface area contributed by atoms with E-state index in [1.54, 1.807) is 55.6 Å². The number of anilines is 2. The van der Waals surface area contributed by atoms with E-state index in [0.29, 0.717) is 22.9 Å². The van der Waals surface area contributed by atoms with Crippen LogP contribution < -0.4 is 19.7 Å². The number of benzene rings is 3. The van der Waals surface area contributed by atoms with Gasteiger partial charge in [-0.2, -0.15) is 0 Å². The minimum Gasteiger partial charge on any atom is -0.493 e. The Morgan fingerprint density at radius 3 is 2.34 bits per heavy atom. The molecule has 8 nitrogen and oxygen atoms in total. The van der Waals surface area contributed by atoms with E-state index in [1.807, 2.05) is 31.2 Å². The standard InChI is InChI=1S/C27H27N3O5/c1-18-8-7-11-21(14-18)30-26(32)22(16-25(31)28-20-9-5-4-6-10-20)29(27(30)33)17-19-12-13-23(34-2)24(15-19)35-3/h4-15,22H,16-17H2,1-3H3,(H,28,31). The second-order valence-electron chi connectivity index (χ2n) is 8.25. The third kappa shape index (κ3) is 5.11. The molecule has 180 valence electrons. The topological polar surface area (TPSA) is 88.2 Å². The number of amides is 4. The van der Waals surface area contributed by atoms with Gasteiger partial charge in [0.2, 0.25) is 5.91 Å². The lowest BCUT2D eigenvalue weighted by atomic mass is 10.1. The predicted octanol–water partition coefficient (Wildman–Crippen LogP) is 4.38. The first-order valence-corrected chi connectivity index (χ1v) is 11.2. The Morgan fingerprint density at radius 1 is 0.914 bits per heavy atom. The molecule has 8 heteroatoms. The van der Waals surface area contributed by atoms with E-state index < -0.39 is 18.0 Å². The first-order valence-electron chi connectivity index (χ1n) is 11.2. The van der Waals surface area contributed by atoms with Crippen LogP contribution in [0, 0.1) is 6.92 Å². The molecule has 3 aromatic rings. The van der Waals surface area contributed by atoms with Crippen molar-refractivity contribution in [2.45, 2.75) is 25.9 Å². The molecule has 1 saturated heterocycles. The van der Waals surface area contributed by atoms with Crippen molar-refractivity contribution >= 4 is 29.2 Å². The van der Waals surface area contributed by atoms with Gasteiger partial charge in [-0.3, -0.25) is 9.59 Å². The number of urea groups is 1. The van der Waals surface area contributed by atoms with Crippen LogP contribution in [0.1, 0.15) is 17.5 Å². The van der Waals surface area contributed by atoms with Gasteiger partial charge in [-0.1, -0.05) is 36.4 Å². The number of imide groups is 1. The van der Waals surface area contributed by atoms with Crippen molar-refractivity contribution in [3.63, 3.8) is 0 Å². The number of methoxy groups -OCH3 is 2. The first kappa shape index (κ1) is 23.8. The molecule has 0 radical (unpaired) electrons. The van der Waals surface area contributed by atoms with Crippen LogP contribution in [0.4, 0.5) is 16.2 Å². The molecule has 1 fully saturated rings. The molecule has 1 aliphatic heterocycles. The fourth-order valence-electron chi connectivity index (χ4n) is 4.10. The Kier molecular flexibility index (Phi) is 7.01. The van der Waals surface area contributed by atoms with Gasteiger partial charge in [0.1, 0.15) is 6.04 Å². The zero-order chi connectivity index (χ0) is 24.9. The molecule has 3 aromatic carbocycles. The minimum absolute atomic E-state index is 0.122. The van der Waals surface area contributed by atoms with E-state index in [9.17, 15) is 14.4 Å². The summed E-state index contributed by atoms with van der Waals surface area (Å²) in [6.07, 6.45) is -0.172. The van der Waals surface area contributed by atoms with Crippen LogP contribution in [0.5, 0.6) is 11.5 Å². The maximum absolute atomic E-state index is 13.5. The van der Waals surface area contributed by atoms with Crippen LogP contribution in [0.25, 0.3) is 0 Å². The molecule has 4 amide bonds. The van der Waals surface area contributed by atoms with Gasteiger partial charge in [0, 0.05) is 12.2 Å². The fourth-order valence-corrected chi connectivity index (χ4v) is 4.10. The highest BCUT2D eigenvalue weighted by Gasteiger charge is 2.46. The summed E-state index contributed by atoms with van der Waals surface area (Å²) in [5.74, 6) is 0.271. The summed E-state index contributed by atoms with van der Waals surface area (Å²) >= 11 is 0. The highest BCUT2D eigenvalue weighted by atomic mass is 16.5. The molecule has 0 saturated carbocycles. The Bertz CT molecular complexity index is 1240. The molecule has 0 bridgehead atoms. The number of hydrogen-bond acceptors (Lipinski definition) is 5. The Labute approximate surface area is 204 Å². The average Bonchev–Trinajstić information content (AvgIpc) is 3.08. The molecule has 0 aromatic heterocycles. The largest absolute Gasteiger partial charge is 0.493 e. The maximum Gasteiger partial charge on any atom is 0.332 e. The van der Waals surface area contributed by atoms with Crippen LogP contribution in [0.15, 0.2) is 72.8 Å². The van der Waals surface area contributed by atoms with Gasteiger partial charge < -0.3 is 19.7 Å². The predicted molar refractivity (Wildman–Crippen MR) is 133 cm³/mol. The molecule has 4 rings (SSSR count). The lowest BCUT2D eigenvalue weighted by molar-refractivity contribution is -0.124. The number of aryl methyl sites for hydroxylation is 1. The molecule has 1 aliphatic rings. The molecule has 1 N–H and O–H groups in total. The van der Waals surface area contributed by atoms with Crippen molar-refractivity contribution in [1.29, 1.82) is 0 Å². The number of carbonyl (C=O) groups excluding carboxylic acids is 3. The molecule has 35 heavy (non-hydrogen) atoms. The van der Waals surface area contributed by atoms with E-state index in [1.165, 1.54) is 12.0 Å². The third-order valence-electron chi connectivity index (χ3n) is 5.82. The Hall–Kier alpha value is -4.33. The monoisotopic (exact) mass is 473 g/mol. The first-order chi connectivity index (χ1) is 16.9. The van der Waals surface area contributed by atoms with Gasteiger partial charge >= 0.3 is 6.03 Å². The van der Waals surface area contributed by atoms with Gasteiger partial charge in [-0.15, -0.1) is 0 Å². The Morgan fingerprint density at radius 2 is 1.66 bits per heavy atom. The number of para-hydroxylation sites is 1. The zero-order valence-corrected chi connectivity index (χ0v) is 19.9. The van der Waals surface area contributed by atoms with Gasteiger partial charge in [0.15, 0.2) is 11.5 Å². The van der Waals surface area contributed by atoms with Crippen molar-refractivity contribution in [1.82, 2.24) is 4.90 Å². The summed E-state index contributed by atoms with van der Waals surface area (Å²) in [7, 11) is 3.07. The normalized spacial score (nSPS) is 15.3. The molecular weight excluding hydrogens is 446 g/mol. The van der Waals surface area contributed by atoms with Crippen molar-refractivity contribution in [2.24, 2.45) is 0 Å². The second kappa shape index (κ2) is 10.3. The second-order valence-corrected chi connectivity index (χ2v) is 8.25. The number of nitrogens with one attached hydrogen (secondary N) is 1. The molecule has 0 aliphatic carbocycles. The third-order valence-corrected chi connectivity index (χ3v) is 5.82.